The van der Waals surface area contributed by atoms with Crippen LogP contribution < -0.4 is 33.4 Å². The number of allylic oxidation sites excluding steroid dienone is 4. The Labute approximate surface area is 610 Å². The molecule has 6 heterocycles. The predicted molar refractivity (Wildman–Crippen MR) is 403 cm³/mol. The van der Waals surface area contributed by atoms with Gasteiger partial charge in [0.1, 0.15) is 72.5 Å². The second kappa shape index (κ2) is 32.6. The molecule has 12 aromatic rings. The number of benzene rings is 6. The van der Waals surface area contributed by atoms with Gasteiger partial charge >= 0.3 is 30.3 Å². The number of aromatic nitrogens is 8. The summed E-state index contributed by atoms with van der Waals surface area (Å²) in [6, 6.07) is 40.9. The van der Waals surface area contributed by atoms with Gasteiger partial charge in [0.05, 0.1) is 11.0 Å². The molecule has 6 unspecified atom stereocenters. The lowest BCUT2D eigenvalue weighted by Crippen LogP contribution is -2.37. The number of hydrogen-bond acceptors (Lipinski definition) is 18. The zero-order valence-corrected chi connectivity index (χ0v) is 60.8. The van der Waals surface area contributed by atoms with E-state index in [2.05, 4.69) is 77.0 Å². The standard InChI is InChI=1S/2C23H30N2O.C10H9NO.C9H7NO4S.2C8H6N2O.2Al/c2*26-22-11-10-20(21-7-5-13-25-23(21)22)16-24-12-4-2-1-3-6-18-14-17-8-9-19(18)15-17;1-7-4-5-9(12)10-8(7)3-2-6-11-10;11-7-3-4-8(15(12,13)14)6-2-1-5-10-9(6)7;2*11-7-3-1-2-6-8(7)10-5-4-9-6;;/h2*5,7-11,13,17-19,24,26H,1-4,6,12,14-16H2;2-6,12H,1H3;1-5,11H,(H,12,13,14);2*1-5,11H;;/q;;;;;;2*+3/p-6. The van der Waals surface area contributed by atoms with E-state index in [0.717, 1.165) is 105 Å². The molecule has 0 radical (unpaired) electrons. The van der Waals surface area contributed by atoms with Crippen LogP contribution in [0.5, 0.6) is 34.5 Å². The van der Waals surface area contributed by atoms with Gasteiger partial charge in [0.25, 0.3) is 10.1 Å². The average molecular weight is 1430 g/mol. The van der Waals surface area contributed by atoms with Gasteiger partial charge in [-0.1, -0.05) is 111 Å². The summed E-state index contributed by atoms with van der Waals surface area (Å²) in [5.41, 5.74) is 8.39. The van der Waals surface area contributed by atoms with E-state index >= 15 is 0 Å². The van der Waals surface area contributed by atoms with Crippen LogP contribution in [0.15, 0.2) is 212 Å². The van der Waals surface area contributed by atoms with Crippen LogP contribution in [0.2, 0.25) is 0 Å². The van der Waals surface area contributed by atoms with Crippen molar-refractivity contribution in [1.29, 1.82) is 0 Å². The van der Waals surface area contributed by atoms with Crippen molar-refractivity contribution >= 4 is 106 Å². The molecule has 16 rings (SSSR count). The van der Waals surface area contributed by atoms with Crippen molar-refractivity contribution in [3.8, 4) is 34.5 Å². The lowest BCUT2D eigenvalue weighted by atomic mass is 9.88. The first-order valence-electron chi connectivity index (χ1n) is 36.2. The summed E-state index contributed by atoms with van der Waals surface area (Å²) in [5.74, 6) is 8.22. The third-order valence-corrected chi connectivity index (χ3v) is 24.2. The molecule has 19 nitrogen and oxygen atoms in total. The first-order chi connectivity index (χ1) is 50.6. The highest BCUT2D eigenvalue weighted by Crippen LogP contribution is 2.47. The molecule has 4 bridgehead atoms. The van der Waals surface area contributed by atoms with E-state index < -0.39 is 40.4 Å². The van der Waals surface area contributed by atoms with Crippen LogP contribution in [-0.2, 0) is 23.2 Å². The molecule has 22 heteroatoms. The molecule has 103 heavy (non-hydrogen) atoms. The van der Waals surface area contributed by atoms with Crippen molar-refractivity contribution in [2.24, 2.45) is 35.5 Å². The van der Waals surface area contributed by atoms with Crippen LogP contribution in [0.1, 0.15) is 107 Å². The third kappa shape index (κ3) is 16.6. The smallest absolute Gasteiger partial charge is 0.576 e. The monoisotopic (exact) mass is 1420 g/mol. The quantitative estimate of drug-likeness (QED) is 0.0158. The minimum atomic E-state index is -4.52. The molecule has 2 saturated carbocycles. The summed E-state index contributed by atoms with van der Waals surface area (Å²) < 4.78 is 73.7. The van der Waals surface area contributed by atoms with E-state index in [0.29, 0.717) is 57.4 Å². The lowest BCUT2D eigenvalue weighted by Gasteiger charge is -2.20. The molecule has 6 atom stereocenters. The summed E-state index contributed by atoms with van der Waals surface area (Å²) in [5, 5.41) is 10.4. The zero-order chi connectivity index (χ0) is 69.9. The van der Waals surface area contributed by atoms with E-state index in [1.807, 2.05) is 104 Å². The Morgan fingerprint density at radius 1 is 0.388 bits per heavy atom. The summed E-state index contributed by atoms with van der Waals surface area (Å²) in [6.07, 6.45) is 41.8. The Hall–Kier alpha value is -9.19. The SMILES string of the molecule is C1=CC2CC1CC2CCCCCCNCc1ccc([O][Al]([O]c2cccc3nccnc23)[O]c2cccc3nccnc23)c2ncccc12.Cc1ccc([O][Al]([O]c2ccc(CNCCCCCCC3CC4C=CC3C4)c3cccnc23)[O]c2ccc(S(=O)(=O)O)c3cccnc23)c2ncccc12. The van der Waals surface area contributed by atoms with E-state index in [9.17, 15) is 13.0 Å². The Balaban J connectivity index is 0.000000167. The van der Waals surface area contributed by atoms with E-state index in [-0.39, 0.29) is 21.5 Å². The van der Waals surface area contributed by atoms with Gasteiger partial charge in [0, 0.05) is 84.2 Å². The number of nitrogens with zero attached hydrogens (tertiary/aromatic N) is 8. The van der Waals surface area contributed by atoms with Crippen LogP contribution in [0.3, 0.4) is 0 Å². The van der Waals surface area contributed by atoms with Gasteiger partial charge in [-0.25, -0.2) is 9.97 Å². The second-order valence-corrected chi connectivity index (χ2v) is 31.4. The van der Waals surface area contributed by atoms with Crippen molar-refractivity contribution in [1.82, 2.24) is 50.5 Å². The molecule has 4 aliphatic carbocycles. The second-order valence-electron chi connectivity index (χ2n) is 27.4. The van der Waals surface area contributed by atoms with Gasteiger partial charge in [-0.15, -0.1) is 0 Å². The fourth-order valence-corrected chi connectivity index (χ4v) is 18.9. The average Bonchev–Trinajstić information content (AvgIpc) is 1.73. The van der Waals surface area contributed by atoms with Gasteiger partial charge in [-0.2, -0.15) is 8.42 Å². The summed E-state index contributed by atoms with van der Waals surface area (Å²) >= 11 is -6.23. The molecule has 6 aromatic carbocycles. The molecule has 3 N–H and O–H groups in total. The number of hydrogen-bond donors (Lipinski definition) is 3. The van der Waals surface area contributed by atoms with E-state index in [1.165, 1.54) is 107 Å². The number of para-hydroxylation sites is 2. The molecule has 0 amide bonds. The van der Waals surface area contributed by atoms with Crippen molar-refractivity contribution in [2.75, 3.05) is 13.1 Å². The number of fused-ring (bicyclic) bond motifs is 10. The summed E-state index contributed by atoms with van der Waals surface area (Å²) in [4.78, 5) is 36.1. The van der Waals surface area contributed by atoms with Crippen molar-refractivity contribution in [2.45, 2.75) is 115 Å². The topological polar surface area (TPSA) is 237 Å². The van der Waals surface area contributed by atoms with Crippen LogP contribution in [-0.4, -0.2) is 96.2 Å². The minimum Gasteiger partial charge on any atom is -0.576 e. The van der Waals surface area contributed by atoms with Gasteiger partial charge in [0.15, 0.2) is 0 Å². The molecular formula is C81H82Al2N10O9S. The molecule has 6 aromatic heterocycles. The largest absolute Gasteiger partial charge is 1.20 e. The highest BCUT2D eigenvalue weighted by Gasteiger charge is 2.48. The van der Waals surface area contributed by atoms with E-state index in [1.54, 1.807) is 55.5 Å². The van der Waals surface area contributed by atoms with Crippen LogP contribution in [0.4, 0.5) is 0 Å². The Morgan fingerprint density at radius 2 is 0.777 bits per heavy atom. The van der Waals surface area contributed by atoms with Crippen LogP contribution in [0, 0.1) is 42.4 Å². The summed E-state index contributed by atoms with van der Waals surface area (Å²) in [7, 11) is -4.52. The highest BCUT2D eigenvalue weighted by molar-refractivity contribution is 7.86. The maximum absolute atomic E-state index is 12.2. The van der Waals surface area contributed by atoms with Crippen molar-refractivity contribution in [3.05, 3.63) is 224 Å². The first kappa shape index (κ1) is 69.5. The van der Waals surface area contributed by atoms with Gasteiger partial charge in [0.2, 0.25) is 0 Å². The highest BCUT2D eigenvalue weighted by atomic mass is 32.2. The molecule has 0 saturated heterocycles. The number of rotatable bonds is 31. The molecule has 2 fully saturated rings. The molecule has 0 aliphatic heterocycles. The van der Waals surface area contributed by atoms with Crippen LogP contribution >= 0.6 is 0 Å². The number of aryl methyl sites for hydroxylation is 1. The fraction of sp³-hybridized carbons (Fsp3) is 0.309. The molecule has 4 aliphatic rings. The zero-order valence-electron chi connectivity index (χ0n) is 57.7. The van der Waals surface area contributed by atoms with Crippen molar-refractivity contribution < 1.29 is 35.7 Å². The number of unbranched alkanes of at least 4 members (excludes halogenated alkanes) is 6. The third-order valence-electron chi connectivity index (χ3n) is 20.7. The molecule has 0 spiro atoms. The Morgan fingerprint density at radius 3 is 1.22 bits per heavy atom. The number of pyridine rings is 4. The summed E-state index contributed by atoms with van der Waals surface area (Å²) in [6.45, 7) is 5.42. The lowest BCUT2D eigenvalue weighted by molar-refractivity contribution is 0.310. The maximum atomic E-state index is 12.2. The van der Waals surface area contributed by atoms with Crippen LogP contribution in [0.25, 0.3) is 65.7 Å². The number of nitrogens with one attached hydrogen (secondary N) is 2. The molecule has 522 valence electrons. The van der Waals surface area contributed by atoms with Gasteiger partial charge < -0.3 is 33.4 Å². The van der Waals surface area contributed by atoms with Crippen molar-refractivity contribution in [3.63, 3.8) is 0 Å². The van der Waals surface area contributed by atoms with E-state index in [4.69, 9.17) is 32.7 Å². The minimum absolute atomic E-state index is 0.213. The Bertz CT molecular complexity index is 5080. The normalized spacial score (nSPS) is 17.9. The first-order valence-corrected chi connectivity index (χ1v) is 40.5. The predicted octanol–water partition coefficient (Wildman–Crippen LogP) is 16.6. The molecular weight excluding hydrogens is 1340 g/mol. The Kier molecular flexibility index (Phi) is 22.0. The maximum Gasteiger partial charge on any atom is 1.20 e. The van der Waals surface area contributed by atoms with Gasteiger partial charge in [-0.3, -0.25) is 34.5 Å². The van der Waals surface area contributed by atoms with Gasteiger partial charge in [-0.05, 0) is 209 Å². The fourth-order valence-electron chi connectivity index (χ4n) is 15.5.